The maximum atomic E-state index is 4.69. The second kappa shape index (κ2) is 5.97. The van der Waals surface area contributed by atoms with Crippen LogP contribution in [0.2, 0.25) is 0 Å². The zero-order chi connectivity index (χ0) is 12.5. The van der Waals surface area contributed by atoms with Crippen LogP contribution in [-0.4, -0.2) is 48.1 Å². The average molecular weight is 315 g/mol. The highest BCUT2D eigenvalue weighted by atomic mass is 79.9. The summed E-state index contributed by atoms with van der Waals surface area (Å²) in [5.41, 5.74) is 1.20. The van der Waals surface area contributed by atoms with Crippen LogP contribution in [0.5, 0.6) is 0 Å². The first-order valence-electron chi connectivity index (χ1n) is 6.24. The van der Waals surface area contributed by atoms with Gasteiger partial charge in [0, 0.05) is 37.8 Å². The maximum Gasteiger partial charge on any atom is 0.225 e. The number of hydrogen-bond donors (Lipinski definition) is 0. The second-order valence-electron chi connectivity index (χ2n) is 5.78. The van der Waals surface area contributed by atoms with Gasteiger partial charge >= 0.3 is 0 Å². The molecule has 1 saturated heterocycles. The summed E-state index contributed by atoms with van der Waals surface area (Å²) in [6.07, 6.45) is 1.88. The lowest BCUT2D eigenvalue weighted by Crippen LogP contribution is -2.45. The molecule has 1 aliphatic rings. The standard InChI is InChI=1S/C13H22N4.BrH/c1-13(2,3)11-5-6-14-12(15-11)17-9-7-16(4)8-10-17;/h5-6H,7-10H2,1-4H3;1H. The van der Waals surface area contributed by atoms with E-state index >= 15 is 0 Å². The molecule has 0 saturated carbocycles. The minimum atomic E-state index is 0. The average Bonchev–Trinajstić information content (AvgIpc) is 2.29. The van der Waals surface area contributed by atoms with Gasteiger partial charge in [-0.15, -0.1) is 17.0 Å². The van der Waals surface area contributed by atoms with Gasteiger partial charge in [-0.2, -0.15) is 0 Å². The summed E-state index contributed by atoms with van der Waals surface area (Å²) in [5, 5.41) is 0. The normalized spacial score (nSPS) is 17.4. The van der Waals surface area contributed by atoms with Gasteiger partial charge < -0.3 is 9.80 Å². The van der Waals surface area contributed by atoms with Gasteiger partial charge in [-0.05, 0) is 13.1 Å². The fourth-order valence-electron chi connectivity index (χ4n) is 1.92. The Morgan fingerprint density at radius 1 is 1.11 bits per heavy atom. The highest BCUT2D eigenvalue weighted by molar-refractivity contribution is 8.93. The predicted octanol–water partition coefficient (Wildman–Crippen LogP) is 2.10. The Balaban J connectivity index is 0.00000162. The molecule has 1 aromatic heterocycles. The van der Waals surface area contributed by atoms with Gasteiger partial charge in [0.15, 0.2) is 0 Å². The van der Waals surface area contributed by atoms with E-state index in [1.807, 2.05) is 12.3 Å². The largest absolute Gasteiger partial charge is 0.338 e. The van der Waals surface area contributed by atoms with Crippen LogP contribution in [0.3, 0.4) is 0 Å². The number of likely N-dealkylation sites (N-methyl/N-ethyl adjacent to an activating group) is 1. The summed E-state index contributed by atoms with van der Waals surface area (Å²) in [4.78, 5) is 13.7. The van der Waals surface area contributed by atoms with Crippen LogP contribution < -0.4 is 4.90 Å². The number of hydrogen-bond acceptors (Lipinski definition) is 4. The molecule has 0 aromatic carbocycles. The van der Waals surface area contributed by atoms with E-state index in [9.17, 15) is 0 Å². The van der Waals surface area contributed by atoms with E-state index in [4.69, 9.17) is 0 Å². The fourth-order valence-corrected chi connectivity index (χ4v) is 1.92. The third-order valence-electron chi connectivity index (χ3n) is 3.20. The van der Waals surface area contributed by atoms with E-state index in [0.717, 1.165) is 37.8 Å². The lowest BCUT2D eigenvalue weighted by Gasteiger charge is -2.32. The van der Waals surface area contributed by atoms with Crippen LogP contribution in [0.1, 0.15) is 26.5 Å². The van der Waals surface area contributed by atoms with E-state index in [-0.39, 0.29) is 22.4 Å². The Kier molecular flexibility index (Phi) is 5.10. The monoisotopic (exact) mass is 314 g/mol. The number of piperazine rings is 1. The maximum absolute atomic E-state index is 4.69. The topological polar surface area (TPSA) is 32.3 Å². The van der Waals surface area contributed by atoms with Crippen molar-refractivity contribution < 1.29 is 0 Å². The molecule has 4 nitrogen and oxygen atoms in total. The van der Waals surface area contributed by atoms with Crippen LogP contribution in [0, 0.1) is 0 Å². The summed E-state index contributed by atoms with van der Waals surface area (Å²) < 4.78 is 0. The molecule has 102 valence electrons. The molecule has 0 aliphatic carbocycles. The Bertz CT molecular complexity index is 381. The number of anilines is 1. The molecule has 0 bridgehead atoms. The molecule has 0 radical (unpaired) electrons. The Hall–Kier alpha value is -0.680. The van der Waals surface area contributed by atoms with Gasteiger partial charge in [-0.25, -0.2) is 9.97 Å². The van der Waals surface area contributed by atoms with Crippen molar-refractivity contribution in [3.05, 3.63) is 18.0 Å². The van der Waals surface area contributed by atoms with Crippen molar-refractivity contribution in [2.24, 2.45) is 0 Å². The van der Waals surface area contributed by atoms with E-state index in [1.165, 1.54) is 0 Å². The van der Waals surface area contributed by atoms with Crippen LogP contribution in [0.25, 0.3) is 0 Å². The number of aromatic nitrogens is 2. The summed E-state index contributed by atoms with van der Waals surface area (Å²) in [7, 11) is 2.16. The minimum absolute atomic E-state index is 0. The lowest BCUT2D eigenvalue weighted by atomic mass is 9.92. The Morgan fingerprint density at radius 2 is 1.72 bits per heavy atom. The molecule has 2 heterocycles. The van der Waals surface area contributed by atoms with Gasteiger partial charge in [0.2, 0.25) is 5.95 Å². The van der Waals surface area contributed by atoms with Crippen molar-refractivity contribution in [1.82, 2.24) is 14.9 Å². The Morgan fingerprint density at radius 3 is 2.28 bits per heavy atom. The molecule has 5 heteroatoms. The molecule has 0 spiro atoms. The molecule has 2 rings (SSSR count). The molecule has 18 heavy (non-hydrogen) atoms. The zero-order valence-corrected chi connectivity index (χ0v) is 13.4. The third kappa shape index (κ3) is 3.65. The van der Waals surface area contributed by atoms with Crippen LogP contribution >= 0.6 is 17.0 Å². The number of nitrogens with zero attached hydrogens (tertiary/aromatic N) is 4. The summed E-state index contributed by atoms with van der Waals surface area (Å²) in [6.45, 7) is 10.8. The van der Waals surface area contributed by atoms with Gasteiger partial charge in [-0.1, -0.05) is 20.8 Å². The van der Waals surface area contributed by atoms with E-state index < -0.39 is 0 Å². The summed E-state index contributed by atoms with van der Waals surface area (Å²) >= 11 is 0. The van der Waals surface area contributed by atoms with Gasteiger partial charge in [0.05, 0.1) is 5.69 Å². The highest BCUT2D eigenvalue weighted by Crippen LogP contribution is 2.21. The van der Waals surface area contributed by atoms with E-state index in [0.29, 0.717) is 0 Å². The molecule has 0 amide bonds. The smallest absolute Gasteiger partial charge is 0.225 e. The van der Waals surface area contributed by atoms with E-state index in [1.54, 1.807) is 0 Å². The first-order valence-corrected chi connectivity index (χ1v) is 6.24. The van der Waals surface area contributed by atoms with Gasteiger partial charge in [0.25, 0.3) is 0 Å². The molecule has 0 N–H and O–H groups in total. The van der Waals surface area contributed by atoms with E-state index in [2.05, 4.69) is 47.6 Å². The Labute approximate surface area is 120 Å². The molecule has 1 fully saturated rings. The van der Waals surface area contributed by atoms with Crippen LogP contribution in [0.15, 0.2) is 12.3 Å². The van der Waals surface area contributed by atoms with Crippen molar-refractivity contribution in [3.63, 3.8) is 0 Å². The molecule has 1 aliphatic heterocycles. The lowest BCUT2D eigenvalue weighted by molar-refractivity contribution is 0.311. The van der Waals surface area contributed by atoms with Crippen molar-refractivity contribution in [1.29, 1.82) is 0 Å². The van der Waals surface area contributed by atoms with Crippen molar-refractivity contribution in [2.45, 2.75) is 26.2 Å². The number of halogens is 1. The molecule has 0 atom stereocenters. The second-order valence-corrected chi connectivity index (χ2v) is 5.78. The molecular formula is C13H23BrN4. The zero-order valence-electron chi connectivity index (χ0n) is 11.7. The van der Waals surface area contributed by atoms with Gasteiger partial charge in [0.1, 0.15) is 0 Å². The van der Waals surface area contributed by atoms with Crippen molar-refractivity contribution in [2.75, 3.05) is 38.1 Å². The first kappa shape index (κ1) is 15.4. The van der Waals surface area contributed by atoms with Crippen LogP contribution in [0.4, 0.5) is 5.95 Å². The highest BCUT2D eigenvalue weighted by Gasteiger charge is 2.20. The van der Waals surface area contributed by atoms with Crippen molar-refractivity contribution in [3.8, 4) is 0 Å². The first-order chi connectivity index (χ1) is 7.97. The van der Waals surface area contributed by atoms with Crippen LogP contribution in [-0.2, 0) is 5.41 Å². The predicted molar refractivity (Wildman–Crippen MR) is 80.8 cm³/mol. The van der Waals surface area contributed by atoms with Crippen molar-refractivity contribution >= 4 is 22.9 Å². The fraction of sp³-hybridized carbons (Fsp3) is 0.692. The quantitative estimate of drug-likeness (QED) is 0.794. The number of rotatable bonds is 1. The molecular weight excluding hydrogens is 292 g/mol. The minimum Gasteiger partial charge on any atom is -0.338 e. The van der Waals surface area contributed by atoms with Gasteiger partial charge in [-0.3, -0.25) is 0 Å². The molecule has 1 aromatic rings. The third-order valence-corrected chi connectivity index (χ3v) is 3.20. The SMILES string of the molecule is Br.CN1CCN(c2nccc(C(C)(C)C)n2)CC1. The summed E-state index contributed by atoms with van der Waals surface area (Å²) in [6, 6.07) is 2.01. The summed E-state index contributed by atoms with van der Waals surface area (Å²) in [5.74, 6) is 0.880. The molecule has 0 unspecified atom stereocenters.